The van der Waals surface area contributed by atoms with Gasteiger partial charge in [0.25, 0.3) is 0 Å². The van der Waals surface area contributed by atoms with Crippen LogP contribution in [-0.2, 0) is 4.79 Å². The van der Waals surface area contributed by atoms with Crippen molar-refractivity contribution in [1.82, 2.24) is 9.97 Å². The Morgan fingerprint density at radius 3 is 2.79 bits per heavy atom. The monoisotopic (exact) mass is 450 g/mol. The summed E-state index contributed by atoms with van der Waals surface area (Å²) in [6.45, 7) is 4.54. The highest BCUT2D eigenvalue weighted by molar-refractivity contribution is 5.92. The van der Waals surface area contributed by atoms with Crippen LogP contribution in [0.15, 0.2) is 12.3 Å². The van der Waals surface area contributed by atoms with Gasteiger partial charge in [0, 0.05) is 12.1 Å². The molecule has 0 aliphatic heterocycles. The molecule has 1 amide bonds. The van der Waals surface area contributed by atoms with Gasteiger partial charge in [-0.25, -0.2) is 9.97 Å². The van der Waals surface area contributed by atoms with Crippen molar-refractivity contribution in [3.63, 3.8) is 0 Å². The molecule has 5 rings (SSSR count). The summed E-state index contributed by atoms with van der Waals surface area (Å²) < 4.78 is 0. The maximum absolute atomic E-state index is 13.3. The Hall–Kier alpha value is -2.00. The summed E-state index contributed by atoms with van der Waals surface area (Å²) >= 11 is 0. The summed E-state index contributed by atoms with van der Waals surface area (Å²) in [6, 6.07) is 3.60. The fourth-order valence-corrected chi connectivity index (χ4v) is 8.78. The van der Waals surface area contributed by atoms with E-state index in [9.17, 15) is 9.90 Å². The molecule has 4 saturated carbocycles. The average Bonchev–Trinajstić information content (AvgIpc) is 3.16. The summed E-state index contributed by atoms with van der Waals surface area (Å²) in [7, 11) is 0. The lowest BCUT2D eigenvalue weighted by molar-refractivity contribution is -0.130. The van der Waals surface area contributed by atoms with E-state index in [1.54, 1.807) is 6.07 Å². The predicted molar refractivity (Wildman–Crippen MR) is 126 cm³/mol. The number of nitriles is 1. The van der Waals surface area contributed by atoms with Crippen LogP contribution in [0, 0.1) is 52.3 Å². The van der Waals surface area contributed by atoms with Gasteiger partial charge < -0.3 is 10.4 Å². The molecule has 8 unspecified atom stereocenters. The molecule has 0 saturated heterocycles. The van der Waals surface area contributed by atoms with E-state index in [-0.39, 0.29) is 23.1 Å². The number of amides is 1. The lowest BCUT2D eigenvalue weighted by Gasteiger charge is -2.57. The molecule has 0 bridgehead atoms. The molecule has 1 aromatic rings. The van der Waals surface area contributed by atoms with Gasteiger partial charge in [-0.1, -0.05) is 20.3 Å². The van der Waals surface area contributed by atoms with Crippen molar-refractivity contribution in [1.29, 1.82) is 5.26 Å². The van der Waals surface area contributed by atoms with Crippen LogP contribution in [0.2, 0.25) is 0 Å². The molecular formula is C27H38N4O2. The van der Waals surface area contributed by atoms with Gasteiger partial charge in [0.05, 0.1) is 5.60 Å². The van der Waals surface area contributed by atoms with Crippen molar-refractivity contribution < 1.29 is 9.90 Å². The Labute approximate surface area is 197 Å². The molecule has 178 valence electrons. The Morgan fingerprint density at radius 2 is 2.00 bits per heavy atom. The van der Waals surface area contributed by atoms with Gasteiger partial charge in [-0.05, 0) is 105 Å². The van der Waals surface area contributed by atoms with E-state index in [1.807, 2.05) is 6.07 Å². The van der Waals surface area contributed by atoms with Crippen LogP contribution in [0.1, 0.15) is 90.3 Å². The summed E-state index contributed by atoms with van der Waals surface area (Å²) in [6.07, 6.45) is 13.6. The van der Waals surface area contributed by atoms with Crippen LogP contribution < -0.4 is 5.32 Å². The van der Waals surface area contributed by atoms with Gasteiger partial charge in [-0.3, -0.25) is 4.79 Å². The van der Waals surface area contributed by atoms with Crippen LogP contribution >= 0.6 is 0 Å². The second-order valence-electron chi connectivity index (χ2n) is 11.7. The minimum absolute atomic E-state index is 0.00248. The molecule has 1 aromatic heterocycles. The third-order valence-corrected chi connectivity index (χ3v) is 10.1. The standard InChI is InChI=1S/C27H38N4O2/c1-3-11-27(33)13-9-18-17(15-27)4-5-20-19(18)8-12-26(2)21(20)6-7-22(26)25(32)31-23-10-14-29-24(16-28)30-23/h10,14,17-22,33H,3-9,11-13,15H2,1-2H3,(H,29,30,31,32). The van der Waals surface area contributed by atoms with Crippen LogP contribution in [0.3, 0.4) is 0 Å². The normalized spacial score (nSPS) is 41.9. The number of rotatable bonds is 4. The molecule has 6 nitrogen and oxygen atoms in total. The van der Waals surface area contributed by atoms with Gasteiger partial charge in [-0.15, -0.1) is 0 Å². The maximum atomic E-state index is 13.3. The molecule has 4 aliphatic rings. The Morgan fingerprint density at radius 1 is 1.18 bits per heavy atom. The third kappa shape index (κ3) is 3.97. The first-order chi connectivity index (χ1) is 15.9. The fourth-order valence-electron chi connectivity index (χ4n) is 8.78. The van der Waals surface area contributed by atoms with E-state index < -0.39 is 5.60 Å². The molecular weight excluding hydrogens is 412 g/mol. The van der Waals surface area contributed by atoms with Crippen LogP contribution in [0.4, 0.5) is 5.82 Å². The second-order valence-corrected chi connectivity index (χ2v) is 11.7. The molecule has 33 heavy (non-hydrogen) atoms. The van der Waals surface area contributed by atoms with E-state index in [0.717, 1.165) is 62.7 Å². The number of fused-ring (bicyclic) bond motifs is 5. The average molecular weight is 451 g/mol. The number of aliphatic hydroxyl groups is 1. The first kappa shape index (κ1) is 22.8. The lowest BCUT2D eigenvalue weighted by atomic mass is 9.49. The number of hydrogen-bond acceptors (Lipinski definition) is 5. The number of anilines is 1. The number of aromatic nitrogens is 2. The molecule has 2 N–H and O–H groups in total. The van der Waals surface area contributed by atoms with Crippen molar-refractivity contribution in [2.24, 2.45) is 40.9 Å². The molecule has 0 aromatic carbocycles. The second kappa shape index (κ2) is 8.65. The first-order valence-electron chi connectivity index (χ1n) is 13.1. The molecule has 4 fully saturated rings. The molecule has 0 spiro atoms. The lowest BCUT2D eigenvalue weighted by Crippen LogP contribution is -2.51. The number of carbonyl (C=O) groups is 1. The maximum Gasteiger partial charge on any atom is 0.234 e. The van der Waals surface area contributed by atoms with Crippen molar-refractivity contribution in [3.8, 4) is 6.07 Å². The van der Waals surface area contributed by atoms with Crippen molar-refractivity contribution in [3.05, 3.63) is 18.1 Å². The highest BCUT2D eigenvalue weighted by atomic mass is 16.3. The summed E-state index contributed by atoms with van der Waals surface area (Å²) in [5.41, 5.74) is -0.379. The molecule has 6 heteroatoms. The zero-order chi connectivity index (χ0) is 23.2. The minimum atomic E-state index is -0.422. The van der Waals surface area contributed by atoms with E-state index in [2.05, 4.69) is 29.1 Å². The quantitative estimate of drug-likeness (QED) is 0.666. The summed E-state index contributed by atoms with van der Waals surface area (Å²) in [5.74, 6) is 4.13. The Balaban J connectivity index is 1.28. The van der Waals surface area contributed by atoms with Gasteiger partial charge in [0.1, 0.15) is 11.9 Å². The largest absolute Gasteiger partial charge is 0.390 e. The highest BCUT2D eigenvalue weighted by Crippen LogP contribution is 2.64. The first-order valence-corrected chi connectivity index (χ1v) is 13.1. The number of carbonyl (C=O) groups excluding carboxylic acids is 1. The summed E-state index contributed by atoms with van der Waals surface area (Å²) in [5, 5.41) is 23.1. The van der Waals surface area contributed by atoms with Crippen molar-refractivity contribution in [2.75, 3.05) is 5.32 Å². The van der Waals surface area contributed by atoms with Crippen molar-refractivity contribution >= 4 is 11.7 Å². The SMILES string of the molecule is CCCC1(O)CCC2C(CCC3C2CCC2(C)C(C(=O)Nc4ccnc(C#N)n4)CCC32)C1. The zero-order valence-corrected chi connectivity index (χ0v) is 20.1. The predicted octanol–water partition coefficient (Wildman–Crippen LogP) is 5.09. The smallest absolute Gasteiger partial charge is 0.234 e. The van der Waals surface area contributed by atoms with Gasteiger partial charge >= 0.3 is 0 Å². The zero-order valence-electron chi connectivity index (χ0n) is 20.1. The van der Waals surface area contributed by atoms with Gasteiger partial charge in [0.2, 0.25) is 11.7 Å². The van der Waals surface area contributed by atoms with E-state index in [4.69, 9.17) is 5.26 Å². The topological polar surface area (TPSA) is 98.9 Å². The van der Waals surface area contributed by atoms with Crippen LogP contribution in [0.25, 0.3) is 0 Å². The number of hydrogen-bond donors (Lipinski definition) is 2. The molecule has 1 heterocycles. The van der Waals surface area contributed by atoms with E-state index in [1.165, 1.54) is 31.9 Å². The molecule has 8 atom stereocenters. The fraction of sp³-hybridized carbons (Fsp3) is 0.778. The Kier molecular flexibility index (Phi) is 5.97. The Bertz CT molecular complexity index is 944. The van der Waals surface area contributed by atoms with E-state index in [0.29, 0.717) is 17.7 Å². The molecule has 4 aliphatic carbocycles. The summed E-state index contributed by atoms with van der Waals surface area (Å²) in [4.78, 5) is 21.4. The van der Waals surface area contributed by atoms with Crippen LogP contribution in [-0.4, -0.2) is 26.6 Å². The molecule has 0 radical (unpaired) electrons. The third-order valence-electron chi connectivity index (χ3n) is 10.1. The van der Waals surface area contributed by atoms with E-state index >= 15 is 0 Å². The number of nitrogens with zero attached hydrogens (tertiary/aromatic N) is 3. The highest BCUT2D eigenvalue weighted by Gasteiger charge is 2.59. The minimum Gasteiger partial charge on any atom is -0.390 e. The van der Waals surface area contributed by atoms with Crippen LogP contribution in [0.5, 0.6) is 0 Å². The van der Waals surface area contributed by atoms with Gasteiger partial charge in [0.15, 0.2) is 0 Å². The number of nitrogens with one attached hydrogen (secondary N) is 1. The van der Waals surface area contributed by atoms with Gasteiger partial charge in [-0.2, -0.15) is 5.26 Å². The van der Waals surface area contributed by atoms with Crippen molar-refractivity contribution in [2.45, 2.75) is 90.1 Å².